The Morgan fingerprint density at radius 2 is 1.84 bits per heavy atom. The van der Waals surface area contributed by atoms with Gasteiger partial charge < -0.3 is 10.3 Å². The molecule has 0 saturated heterocycles. The van der Waals surface area contributed by atoms with E-state index in [9.17, 15) is 4.79 Å². The summed E-state index contributed by atoms with van der Waals surface area (Å²) in [4.78, 5) is 11.6. The largest absolute Gasteiger partial charge is 0.364 e. The molecular weight excluding hydrogens is 260 g/mol. The smallest absolute Gasteiger partial charge is 0.265 e. The highest BCUT2D eigenvalue weighted by molar-refractivity contribution is 6.30. The Labute approximate surface area is 115 Å². The quantitative estimate of drug-likeness (QED) is 0.762. The van der Waals surface area contributed by atoms with Crippen molar-refractivity contribution in [2.45, 2.75) is 0 Å². The molecule has 0 bridgehead atoms. The molecule has 0 radical (unpaired) electrons. The minimum Gasteiger partial charge on any atom is -0.364 e. The first kappa shape index (κ1) is 11.8. The number of fused-ring (bicyclic) bond motifs is 1. The van der Waals surface area contributed by atoms with E-state index in [-0.39, 0.29) is 0 Å². The molecule has 0 unspecified atom stereocenters. The maximum absolute atomic E-state index is 11.6. The fraction of sp³-hybridized carbons (Fsp3) is 0. The predicted octanol–water partition coefficient (Wildman–Crippen LogP) is 3.38. The van der Waals surface area contributed by atoms with Gasteiger partial charge in [0, 0.05) is 16.1 Å². The second-order valence-electron chi connectivity index (χ2n) is 4.27. The SMILES string of the molecule is NC(=O)c1cc2ccccc2n1-c1cccc(Cl)c1. The van der Waals surface area contributed by atoms with Crippen LogP contribution < -0.4 is 5.73 Å². The summed E-state index contributed by atoms with van der Waals surface area (Å²) < 4.78 is 1.82. The fourth-order valence-electron chi connectivity index (χ4n) is 2.23. The summed E-state index contributed by atoms with van der Waals surface area (Å²) in [7, 11) is 0. The number of halogens is 1. The number of primary amides is 1. The van der Waals surface area contributed by atoms with Crippen molar-refractivity contribution in [1.29, 1.82) is 0 Å². The molecule has 1 aromatic heterocycles. The van der Waals surface area contributed by atoms with Crippen LogP contribution in [0.5, 0.6) is 0 Å². The maximum atomic E-state index is 11.6. The molecule has 1 amide bonds. The number of carbonyl (C=O) groups excluding carboxylic acids is 1. The van der Waals surface area contributed by atoms with Gasteiger partial charge in [-0.1, -0.05) is 35.9 Å². The van der Waals surface area contributed by atoms with E-state index in [0.717, 1.165) is 16.6 Å². The Hall–Kier alpha value is -2.26. The number of hydrogen-bond acceptors (Lipinski definition) is 1. The molecule has 0 aliphatic rings. The van der Waals surface area contributed by atoms with Crippen molar-refractivity contribution in [3.8, 4) is 5.69 Å². The molecule has 3 aromatic rings. The number of amides is 1. The van der Waals surface area contributed by atoms with E-state index in [4.69, 9.17) is 17.3 Å². The highest BCUT2D eigenvalue weighted by Crippen LogP contribution is 2.25. The third kappa shape index (κ3) is 1.98. The van der Waals surface area contributed by atoms with Gasteiger partial charge in [0.1, 0.15) is 5.69 Å². The molecule has 0 fully saturated rings. The average Bonchev–Trinajstić information content (AvgIpc) is 2.78. The van der Waals surface area contributed by atoms with Crippen LogP contribution in [-0.2, 0) is 0 Å². The second kappa shape index (κ2) is 4.44. The van der Waals surface area contributed by atoms with Crippen molar-refractivity contribution in [2.75, 3.05) is 0 Å². The minimum atomic E-state index is -0.462. The highest BCUT2D eigenvalue weighted by atomic mass is 35.5. The van der Waals surface area contributed by atoms with Crippen LogP contribution >= 0.6 is 11.6 Å². The molecule has 0 aliphatic carbocycles. The van der Waals surface area contributed by atoms with Crippen LogP contribution in [-0.4, -0.2) is 10.5 Å². The van der Waals surface area contributed by atoms with E-state index in [1.54, 1.807) is 18.2 Å². The maximum Gasteiger partial charge on any atom is 0.265 e. The number of nitrogens with zero attached hydrogens (tertiary/aromatic N) is 1. The molecule has 0 atom stereocenters. The molecule has 1 heterocycles. The zero-order valence-corrected chi connectivity index (χ0v) is 10.8. The summed E-state index contributed by atoms with van der Waals surface area (Å²) in [6, 6.07) is 16.9. The molecule has 0 spiro atoms. The van der Waals surface area contributed by atoms with Gasteiger partial charge in [0.15, 0.2) is 0 Å². The van der Waals surface area contributed by atoms with E-state index in [0.29, 0.717) is 10.7 Å². The lowest BCUT2D eigenvalue weighted by Gasteiger charge is -2.09. The first-order chi connectivity index (χ1) is 9.16. The van der Waals surface area contributed by atoms with Crippen molar-refractivity contribution < 1.29 is 4.79 Å². The van der Waals surface area contributed by atoms with Crippen molar-refractivity contribution in [3.63, 3.8) is 0 Å². The summed E-state index contributed by atoms with van der Waals surface area (Å²) in [6.45, 7) is 0. The highest BCUT2D eigenvalue weighted by Gasteiger charge is 2.14. The number of nitrogens with two attached hydrogens (primary N) is 1. The van der Waals surface area contributed by atoms with Gasteiger partial charge in [-0.2, -0.15) is 0 Å². The lowest BCUT2D eigenvalue weighted by molar-refractivity contribution is 0.0994. The van der Waals surface area contributed by atoms with Gasteiger partial charge in [-0.3, -0.25) is 4.79 Å². The summed E-state index contributed by atoms with van der Waals surface area (Å²) >= 11 is 6.02. The molecule has 3 rings (SSSR count). The van der Waals surface area contributed by atoms with Crippen molar-refractivity contribution >= 4 is 28.4 Å². The van der Waals surface area contributed by atoms with Gasteiger partial charge in [0.25, 0.3) is 5.91 Å². The van der Waals surface area contributed by atoms with Crippen molar-refractivity contribution in [2.24, 2.45) is 5.73 Å². The Kier molecular flexibility index (Phi) is 2.76. The second-order valence-corrected chi connectivity index (χ2v) is 4.70. The normalized spacial score (nSPS) is 10.8. The number of rotatable bonds is 2. The van der Waals surface area contributed by atoms with Crippen LogP contribution in [0.4, 0.5) is 0 Å². The van der Waals surface area contributed by atoms with E-state index >= 15 is 0 Å². The van der Waals surface area contributed by atoms with Crippen LogP contribution in [0.1, 0.15) is 10.5 Å². The monoisotopic (exact) mass is 270 g/mol. The van der Waals surface area contributed by atoms with Gasteiger partial charge in [0.2, 0.25) is 0 Å². The molecule has 0 aliphatic heterocycles. The van der Waals surface area contributed by atoms with Crippen LogP contribution in [0.25, 0.3) is 16.6 Å². The Morgan fingerprint density at radius 3 is 2.58 bits per heavy atom. The zero-order valence-electron chi connectivity index (χ0n) is 10.0. The molecule has 4 heteroatoms. The standard InChI is InChI=1S/C15H11ClN2O/c16-11-5-3-6-12(9-11)18-13-7-2-1-4-10(13)8-14(18)15(17)19/h1-9H,(H2,17,19). The minimum absolute atomic E-state index is 0.448. The van der Waals surface area contributed by atoms with E-state index in [2.05, 4.69) is 0 Å². The lowest BCUT2D eigenvalue weighted by atomic mass is 10.2. The molecule has 0 saturated carbocycles. The van der Waals surface area contributed by atoms with Gasteiger partial charge in [-0.25, -0.2) is 0 Å². The number of para-hydroxylation sites is 1. The van der Waals surface area contributed by atoms with E-state index in [1.165, 1.54) is 0 Å². The first-order valence-corrected chi connectivity index (χ1v) is 6.21. The number of hydrogen-bond donors (Lipinski definition) is 1. The Balaban J connectivity index is 2.38. The third-order valence-corrected chi connectivity index (χ3v) is 3.26. The number of carbonyl (C=O) groups is 1. The van der Waals surface area contributed by atoms with Gasteiger partial charge >= 0.3 is 0 Å². The lowest BCUT2D eigenvalue weighted by Crippen LogP contribution is -2.15. The Morgan fingerprint density at radius 1 is 1.05 bits per heavy atom. The number of benzene rings is 2. The predicted molar refractivity (Wildman–Crippen MR) is 76.8 cm³/mol. The van der Waals surface area contributed by atoms with Gasteiger partial charge in [0.05, 0.1) is 5.52 Å². The topological polar surface area (TPSA) is 48.0 Å². The first-order valence-electron chi connectivity index (χ1n) is 5.83. The third-order valence-electron chi connectivity index (χ3n) is 3.03. The van der Waals surface area contributed by atoms with Gasteiger partial charge in [-0.15, -0.1) is 0 Å². The average molecular weight is 271 g/mol. The molecule has 94 valence electrons. The van der Waals surface area contributed by atoms with Crippen LogP contribution in [0.3, 0.4) is 0 Å². The van der Waals surface area contributed by atoms with Crippen LogP contribution in [0, 0.1) is 0 Å². The van der Waals surface area contributed by atoms with Crippen molar-refractivity contribution in [1.82, 2.24) is 4.57 Å². The summed E-state index contributed by atoms with van der Waals surface area (Å²) in [5.74, 6) is -0.462. The fourth-order valence-corrected chi connectivity index (χ4v) is 2.41. The van der Waals surface area contributed by atoms with E-state index < -0.39 is 5.91 Å². The molecular formula is C15H11ClN2O. The van der Waals surface area contributed by atoms with Gasteiger partial charge in [-0.05, 0) is 30.3 Å². The van der Waals surface area contributed by atoms with Crippen LogP contribution in [0.2, 0.25) is 5.02 Å². The number of aromatic nitrogens is 1. The van der Waals surface area contributed by atoms with Crippen molar-refractivity contribution in [3.05, 3.63) is 65.3 Å². The molecule has 3 nitrogen and oxygen atoms in total. The zero-order chi connectivity index (χ0) is 13.4. The summed E-state index contributed by atoms with van der Waals surface area (Å²) in [5.41, 5.74) is 7.66. The summed E-state index contributed by atoms with van der Waals surface area (Å²) in [6.07, 6.45) is 0. The van der Waals surface area contributed by atoms with Crippen LogP contribution in [0.15, 0.2) is 54.6 Å². The molecule has 2 aromatic carbocycles. The Bertz CT molecular complexity index is 777. The van der Waals surface area contributed by atoms with E-state index in [1.807, 2.05) is 41.0 Å². The molecule has 2 N–H and O–H groups in total. The molecule has 19 heavy (non-hydrogen) atoms. The summed E-state index contributed by atoms with van der Waals surface area (Å²) in [5, 5.41) is 1.59.